The molecule has 2 aliphatic rings. The second-order valence-electron chi connectivity index (χ2n) is 8.09. The van der Waals surface area contributed by atoms with Crippen LogP contribution in [0.2, 0.25) is 0 Å². The van der Waals surface area contributed by atoms with E-state index in [0.717, 1.165) is 48.9 Å². The number of thioether (sulfide) groups is 1. The Hall–Kier alpha value is -3.31. The molecule has 0 atom stereocenters. The Labute approximate surface area is 201 Å². The number of hydrogen-bond acceptors (Lipinski definition) is 9. The fourth-order valence-corrected chi connectivity index (χ4v) is 5.22. The van der Waals surface area contributed by atoms with Crippen LogP contribution in [0.3, 0.4) is 0 Å². The van der Waals surface area contributed by atoms with Crippen molar-refractivity contribution in [2.24, 2.45) is 0 Å². The number of nitrogens with zero attached hydrogens (tertiary/aromatic N) is 5. The van der Waals surface area contributed by atoms with E-state index in [0.29, 0.717) is 22.2 Å². The molecule has 2 aliphatic heterocycles. The lowest BCUT2D eigenvalue weighted by Crippen LogP contribution is -2.31. The Morgan fingerprint density at radius 3 is 2.79 bits per heavy atom. The van der Waals surface area contributed by atoms with Crippen molar-refractivity contribution in [3.63, 3.8) is 0 Å². The Morgan fingerprint density at radius 2 is 2.00 bits per heavy atom. The molecular weight excluding hydrogens is 458 g/mol. The first-order valence-corrected chi connectivity index (χ1v) is 12.1. The summed E-state index contributed by atoms with van der Waals surface area (Å²) in [6.07, 6.45) is 3.43. The maximum Gasteiger partial charge on any atom is 0.270 e. The molecule has 3 heterocycles. The fourth-order valence-electron chi connectivity index (χ4n) is 4.32. The predicted molar refractivity (Wildman–Crippen MR) is 127 cm³/mol. The van der Waals surface area contributed by atoms with Crippen molar-refractivity contribution < 1.29 is 19.1 Å². The quantitative estimate of drug-likeness (QED) is 0.276. The normalized spacial score (nSPS) is 15.5. The van der Waals surface area contributed by atoms with Crippen molar-refractivity contribution in [3.8, 4) is 17.2 Å². The third kappa shape index (κ3) is 4.40. The van der Waals surface area contributed by atoms with Gasteiger partial charge in [0.15, 0.2) is 11.9 Å². The highest BCUT2D eigenvalue weighted by Crippen LogP contribution is 2.38. The van der Waals surface area contributed by atoms with Crippen molar-refractivity contribution >= 4 is 23.4 Å². The lowest BCUT2D eigenvalue weighted by Gasteiger charge is -2.28. The van der Waals surface area contributed by atoms with Gasteiger partial charge in [-0.15, -0.1) is 10.2 Å². The molecule has 0 bridgehead atoms. The number of ether oxygens (including phenoxy) is 3. The van der Waals surface area contributed by atoms with Crippen LogP contribution in [-0.2, 0) is 17.1 Å². The van der Waals surface area contributed by atoms with Crippen molar-refractivity contribution in [1.82, 2.24) is 14.8 Å². The van der Waals surface area contributed by atoms with Crippen LogP contribution < -0.4 is 14.4 Å². The molecule has 0 radical (unpaired) electrons. The molecule has 1 aromatic heterocycles. The monoisotopic (exact) mass is 483 g/mol. The Morgan fingerprint density at radius 1 is 1.18 bits per heavy atom. The molecule has 0 saturated carbocycles. The number of nitro benzene ring substituents is 1. The summed E-state index contributed by atoms with van der Waals surface area (Å²) in [6.45, 7) is 2.25. The number of nitro groups is 1. The summed E-state index contributed by atoms with van der Waals surface area (Å²) in [7, 11) is 1.64. The van der Waals surface area contributed by atoms with Gasteiger partial charge in [-0.1, -0.05) is 23.9 Å². The number of para-hydroxylation sites is 2. The zero-order valence-electron chi connectivity index (χ0n) is 18.8. The zero-order valence-corrected chi connectivity index (χ0v) is 19.6. The summed E-state index contributed by atoms with van der Waals surface area (Å²) in [5.74, 6) is 2.56. The molecule has 34 heavy (non-hydrogen) atoms. The van der Waals surface area contributed by atoms with Crippen molar-refractivity contribution in [3.05, 3.63) is 57.6 Å². The van der Waals surface area contributed by atoms with Crippen molar-refractivity contribution in [2.45, 2.75) is 36.8 Å². The van der Waals surface area contributed by atoms with Crippen molar-refractivity contribution in [1.29, 1.82) is 0 Å². The van der Waals surface area contributed by atoms with E-state index in [1.165, 1.54) is 24.2 Å². The molecule has 5 rings (SSSR count). The van der Waals surface area contributed by atoms with Crippen molar-refractivity contribution in [2.75, 3.05) is 31.9 Å². The summed E-state index contributed by atoms with van der Waals surface area (Å²) in [6, 6.07) is 10.8. The van der Waals surface area contributed by atoms with Gasteiger partial charge in [0.2, 0.25) is 5.95 Å². The van der Waals surface area contributed by atoms with E-state index in [1.807, 2.05) is 28.8 Å². The molecule has 0 spiro atoms. The van der Waals surface area contributed by atoms with Gasteiger partial charge in [0.05, 0.1) is 24.3 Å². The first-order chi connectivity index (χ1) is 16.7. The highest BCUT2D eigenvalue weighted by molar-refractivity contribution is 7.98. The number of anilines is 1. The fraction of sp³-hybridized carbons (Fsp3) is 0.391. The van der Waals surface area contributed by atoms with Crippen LogP contribution in [0, 0.1) is 10.1 Å². The second kappa shape index (κ2) is 9.90. The summed E-state index contributed by atoms with van der Waals surface area (Å²) in [5.41, 5.74) is 2.27. The molecular formula is C23H25N5O5S. The van der Waals surface area contributed by atoms with Crippen LogP contribution in [0.4, 0.5) is 11.6 Å². The molecule has 0 amide bonds. The number of aromatic nitrogens is 3. The number of fused-ring (bicyclic) bond motifs is 1. The molecule has 1 fully saturated rings. The van der Waals surface area contributed by atoms with E-state index in [9.17, 15) is 10.1 Å². The summed E-state index contributed by atoms with van der Waals surface area (Å²) in [4.78, 5) is 13.3. The smallest absolute Gasteiger partial charge is 0.270 e. The lowest BCUT2D eigenvalue weighted by atomic mass is 10.1. The Bertz CT molecular complexity index is 1190. The minimum atomic E-state index is -0.394. The van der Waals surface area contributed by atoms with E-state index in [4.69, 9.17) is 14.2 Å². The average molecular weight is 484 g/mol. The Balaban J connectivity index is 1.52. The molecule has 1 saturated heterocycles. The largest absolute Gasteiger partial charge is 0.495 e. The van der Waals surface area contributed by atoms with Crippen LogP contribution in [0.25, 0.3) is 5.69 Å². The first-order valence-electron chi connectivity index (χ1n) is 11.1. The first kappa shape index (κ1) is 22.5. The minimum absolute atomic E-state index is 0.0173. The maximum atomic E-state index is 11.5. The molecule has 3 aromatic rings. The van der Waals surface area contributed by atoms with Crippen LogP contribution >= 0.6 is 11.8 Å². The third-order valence-corrected chi connectivity index (χ3v) is 6.90. The number of hydrogen-bond donors (Lipinski definition) is 0. The summed E-state index contributed by atoms with van der Waals surface area (Å²) >= 11 is 1.46. The van der Waals surface area contributed by atoms with Gasteiger partial charge in [-0.25, -0.2) is 0 Å². The second-order valence-corrected chi connectivity index (χ2v) is 9.03. The maximum absolute atomic E-state index is 11.5. The molecule has 2 aromatic carbocycles. The van der Waals surface area contributed by atoms with Gasteiger partial charge < -0.3 is 19.1 Å². The molecule has 11 heteroatoms. The highest BCUT2D eigenvalue weighted by atomic mass is 32.2. The van der Waals surface area contributed by atoms with E-state index < -0.39 is 4.92 Å². The lowest BCUT2D eigenvalue weighted by molar-refractivity contribution is -0.385. The number of benzene rings is 2. The number of methoxy groups -OCH3 is 1. The van der Waals surface area contributed by atoms with Gasteiger partial charge >= 0.3 is 0 Å². The van der Waals surface area contributed by atoms with Gasteiger partial charge in [0.1, 0.15) is 11.5 Å². The SMILES string of the molecule is COc1ccccc1-n1c(SCc2cc([N+](=O)[O-])cc3c2OCOC3)nnc1N1CCCCC1. The van der Waals surface area contributed by atoms with Crippen LogP contribution in [0.5, 0.6) is 11.5 Å². The molecule has 0 aliphatic carbocycles. The highest BCUT2D eigenvalue weighted by Gasteiger charge is 2.25. The van der Waals surface area contributed by atoms with Crippen LogP contribution in [0.15, 0.2) is 41.6 Å². The van der Waals surface area contributed by atoms with E-state index >= 15 is 0 Å². The summed E-state index contributed by atoms with van der Waals surface area (Å²) < 4.78 is 18.7. The number of rotatable bonds is 7. The average Bonchev–Trinajstić information content (AvgIpc) is 3.31. The van der Waals surface area contributed by atoms with Crippen LogP contribution in [0.1, 0.15) is 30.4 Å². The Kier molecular flexibility index (Phi) is 6.54. The van der Waals surface area contributed by atoms with Gasteiger partial charge in [-0.3, -0.25) is 14.7 Å². The van der Waals surface area contributed by atoms with Crippen LogP contribution in [-0.4, -0.2) is 46.7 Å². The topological polar surface area (TPSA) is 105 Å². The third-order valence-electron chi connectivity index (χ3n) is 5.92. The molecule has 0 unspecified atom stereocenters. The van der Waals surface area contributed by atoms with E-state index in [2.05, 4.69) is 15.1 Å². The molecule has 10 nitrogen and oxygen atoms in total. The predicted octanol–water partition coefficient (Wildman–Crippen LogP) is 4.33. The standard InChI is InChI=1S/C23H25N5O5S/c1-31-20-8-4-3-7-19(20)27-22(26-9-5-2-6-10-26)24-25-23(27)34-14-17-12-18(28(29)30)11-16-13-32-15-33-21(16)17/h3-4,7-8,11-12H,2,5-6,9-10,13-15H2,1H3. The van der Waals surface area contributed by atoms with Gasteiger partial charge in [-0.05, 0) is 31.4 Å². The zero-order chi connectivity index (χ0) is 23.5. The summed E-state index contributed by atoms with van der Waals surface area (Å²) in [5, 5.41) is 21.2. The molecule has 0 N–H and O–H groups in total. The van der Waals surface area contributed by atoms with Gasteiger partial charge in [0.25, 0.3) is 5.69 Å². The number of piperidine rings is 1. The minimum Gasteiger partial charge on any atom is -0.495 e. The van der Waals surface area contributed by atoms with E-state index in [1.54, 1.807) is 13.2 Å². The van der Waals surface area contributed by atoms with E-state index in [-0.39, 0.29) is 19.1 Å². The van der Waals surface area contributed by atoms with Gasteiger partial charge in [-0.2, -0.15) is 0 Å². The van der Waals surface area contributed by atoms with Gasteiger partial charge in [0, 0.05) is 42.1 Å². The molecule has 178 valence electrons. The number of non-ortho nitro benzene ring substituents is 1.